The van der Waals surface area contributed by atoms with Crippen molar-refractivity contribution in [2.75, 3.05) is 5.75 Å². The van der Waals surface area contributed by atoms with Gasteiger partial charge in [-0.15, -0.1) is 5.10 Å². The van der Waals surface area contributed by atoms with Crippen molar-refractivity contribution in [3.05, 3.63) is 84.7 Å². The Morgan fingerprint density at radius 1 is 0.821 bits per heavy atom. The quantitative estimate of drug-likeness (QED) is 0.326. The van der Waals surface area contributed by atoms with Crippen LogP contribution in [-0.4, -0.2) is 30.3 Å². The molecule has 6 heteroatoms. The minimum atomic E-state index is 0.686. The highest BCUT2D eigenvalue weighted by Gasteiger charge is 2.14. The Morgan fingerprint density at radius 3 is 2.46 bits per heavy atom. The predicted molar refractivity (Wildman–Crippen MR) is 112 cm³/mol. The Morgan fingerprint density at radius 2 is 1.61 bits per heavy atom. The van der Waals surface area contributed by atoms with Crippen molar-refractivity contribution in [3.8, 4) is 11.4 Å². The fourth-order valence-electron chi connectivity index (χ4n) is 3.15. The van der Waals surface area contributed by atoms with Crippen molar-refractivity contribution in [2.24, 2.45) is 0 Å². The van der Waals surface area contributed by atoms with E-state index in [-0.39, 0.29) is 0 Å². The number of pyridine rings is 1. The minimum Gasteiger partial charge on any atom is -0.265 e. The molecule has 0 N–H and O–H groups in total. The third-order valence-corrected chi connectivity index (χ3v) is 5.48. The molecule has 5 nitrogen and oxygen atoms in total. The van der Waals surface area contributed by atoms with E-state index in [0.717, 1.165) is 39.4 Å². The number of aromatic nitrogens is 5. The molecule has 5 rings (SSSR count). The lowest BCUT2D eigenvalue weighted by Gasteiger charge is -2.06. The third-order valence-electron chi connectivity index (χ3n) is 4.55. The van der Waals surface area contributed by atoms with Crippen LogP contribution in [0.3, 0.4) is 0 Å². The molecule has 0 aliphatic carbocycles. The highest BCUT2D eigenvalue weighted by Crippen LogP contribution is 2.26. The fraction of sp³-hybridized carbons (Fsp3) is 0.0909. The molecular weight excluding hydrogens is 366 g/mol. The highest BCUT2D eigenvalue weighted by molar-refractivity contribution is 7.99. The number of thioether (sulfide) groups is 1. The van der Waals surface area contributed by atoms with Crippen LogP contribution in [0.15, 0.2) is 84.3 Å². The topological polar surface area (TPSA) is 56.0 Å². The molecule has 0 bridgehead atoms. The van der Waals surface area contributed by atoms with Gasteiger partial charge in [-0.05, 0) is 36.2 Å². The largest absolute Gasteiger partial charge is 0.265 e. The summed E-state index contributed by atoms with van der Waals surface area (Å²) < 4.78 is 1.87. The van der Waals surface area contributed by atoms with Crippen molar-refractivity contribution < 1.29 is 0 Å². The zero-order valence-electron chi connectivity index (χ0n) is 15.1. The van der Waals surface area contributed by atoms with Gasteiger partial charge in [0.1, 0.15) is 0 Å². The van der Waals surface area contributed by atoms with Gasteiger partial charge < -0.3 is 0 Å². The van der Waals surface area contributed by atoms with E-state index in [1.807, 2.05) is 47.0 Å². The summed E-state index contributed by atoms with van der Waals surface area (Å²) >= 11 is 1.71. The first kappa shape index (κ1) is 16.9. The lowest BCUT2D eigenvalue weighted by Crippen LogP contribution is -1.99. The van der Waals surface area contributed by atoms with Gasteiger partial charge in [0.2, 0.25) is 0 Å². The van der Waals surface area contributed by atoms with E-state index in [1.165, 1.54) is 5.56 Å². The van der Waals surface area contributed by atoms with Crippen LogP contribution in [0.25, 0.3) is 27.9 Å². The summed E-state index contributed by atoms with van der Waals surface area (Å²) in [6, 6.07) is 22.4. The van der Waals surface area contributed by atoms with Gasteiger partial charge >= 0.3 is 0 Å². The molecule has 2 aromatic carbocycles. The zero-order chi connectivity index (χ0) is 18.8. The summed E-state index contributed by atoms with van der Waals surface area (Å²) in [5.41, 5.74) is 4.04. The highest BCUT2D eigenvalue weighted by atomic mass is 32.2. The lowest BCUT2D eigenvalue weighted by molar-refractivity contribution is 0.811. The summed E-state index contributed by atoms with van der Waals surface area (Å²) in [4.78, 5) is 13.7. The molecule has 0 amide bonds. The number of aryl methyl sites for hydroxylation is 1. The average Bonchev–Trinajstić information content (AvgIpc) is 3.21. The van der Waals surface area contributed by atoms with E-state index >= 15 is 0 Å². The smallest absolute Gasteiger partial charge is 0.191 e. The fourth-order valence-corrected chi connectivity index (χ4v) is 4.08. The number of benzene rings is 2. The van der Waals surface area contributed by atoms with Crippen LogP contribution in [0.1, 0.15) is 5.56 Å². The van der Waals surface area contributed by atoms with E-state index in [0.29, 0.717) is 5.82 Å². The lowest BCUT2D eigenvalue weighted by atomic mass is 10.2. The van der Waals surface area contributed by atoms with Crippen LogP contribution < -0.4 is 0 Å². The summed E-state index contributed by atoms with van der Waals surface area (Å²) in [6.07, 6.45) is 4.49. The molecule has 0 atom stereocenters. The molecule has 5 aromatic rings. The summed E-state index contributed by atoms with van der Waals surface area (Å²) in [5.74, 6) is 1.61. The number of para-hydroxylation sites is 1. The van der Waals surface area contributed by atoms with Gasteiger partial charge in [-0.3, -0.25) is 4.98 Å². The molecule has 0 aliphatic rings. The van der Waals surface area contributed by atoms with Gasteiger partial charge in [-0.25, -0.2) is 9.97 Å². The maximum Gasteiger partial charge on any atom is 0.191 e. The number of hydrogen-bond donors (Lipinski definition) is 0. The molecule has 0 fully saturated rings. The second-order valence-electron chi connectivity index (χ2n) is 6.40. The Hall–Kier alpha value is -3.25. The first-order chi connectivity index (χ1) is 13.9. The van der Waals surface area contributed by atoms with Crippen LogP contribution in [-0.2, 0) is 6.42 Å². The maximum absolute atomic E-state index is 4.85. The van der Waals surface area contributed by atoms with Crippen LogP contribution in [0.4, 0.5) is 0 Å². The number of fused-ring (bicyclic) bond motifs is 3. The van der Waals surface area contributed by atoms with E-state index in [2.05, 4.69) is 29.2 Å². The molecule has 3 heterocycles. The molecule has 0 unspecified atom stereocenters. The van der Waals surface area contributed by atoms with Crippen molar-refractivity contribution in [1.29, 1.82) is 0 Å². The van der Waals surface area contributed by atoms with Crippen molar-refractivity contribution >= 4 is 28.3 Å². The van der Waals surface area contributed by atoms with Gasteiger partial charge in [-0.2, -0.15) is 4.52 Å². The Kier molecular flexibility index (Phi) is 4.47. The Labute approximate surface area is 166 Å². The average molecular weight is 383 g/mol. The van der Waals surface area contributed by atoms with Crippen LogP contribution >= 0.6 is 11.8 Å². The first-order valence-corrected chi connectivity index (χ1v) is 10.1. The molecule has 3 aromatic heterocycles. The molecule has 0 radical (unpaired) electrons. The molecule has 28 heavy (non-hydrogen) atoms. The minimum absolute atomic E-state index is 0.686. The zero-order valence-corrected chi connectivity index (χ0v) is 15.9. The van der Waals surface area contributed by atoms with E-state index < -0.39 is 0 Å². The second-order valence-corrected chi connectivity index (χ2v) is 7.46. The normalized spacial score (nSPS) is 11.3. The maximum atomic E-state index is 4.85. The first-order valence-electron chi connectivity index (χ1n) is 9.11. The van der Waals surface area contributed by atoms with Crippen LogP contribution in [0.2, 0.25) is 0 Å². The number of rotatable bonds is 5. The third kappa shape index (κ3) is 3.23. The molecular formula is C22H17N5S. The van der Waals surface area contributed by atoms with Gasteiger partial charge in [-0.1, -0.05) is 54.2 Å². The van der Waals surface area contributed by atoms with Gasteiger partial charge in [0.25, 0.3) is 0 Å². The van der Waals surface area contributed by atoms with Gasteiger partial charge in [0.05, 0.1) is 5.52 Å². The summed E-state index contributed by atoms with van der Waals surface area (Å²) in [6.45, 7) is 0. The van der Waals surface area contributed by atoms with Gasteiger partial charge in [0, 0.05) is 29.1 Å². The van der Waals surface area contributed by atoms with Crippen molar-refractivity contribution in [3.63, 3.8) is 0 Å². The van der Waals surface area contributed by atoms with Crippen molar-refractivity contribution in [1.82, 2.24) is 24.6 Å². The Bertz CT molecular complexity index is 1240. The Balaban J connectivity index is 1.55. The summed E-state index contributed by atoms with van der Waals surface area (Å²) in [7, 11) is 0. The van der Waals surface area contributed by atoms with E-state index in [9.17, 15) is 0 Å². The van der Waals surface area contributed by atoms with Crippen LogP contribution in [0, 0.1) is 0 Å². The molecule has 0 saturated carbocycles. The van der Waals surface area contributed by atoms with E-state index in [1.54, 1.807) is 24.2 Å². The summed E-state index contributed by atoms with van der Waals surface area (Å²) in [5, 5.41) is 6.61. The van der Waals surface area contributed by atoms with E-state index in [4.69, 9.17) is 15.1 Å². The predicted octanol–water partition coefficient (Wildman–Crippen LogP) is 4.67. The molecule has 136 valence electrons. The molecule has 0 spiro atoms. The van der Waals surface area contributed by atoms with Crippen molar-refractivity contribution in [2.45, 2.75) is 11.6 Å². The standard InChI is InChI=1S/C22H17N5S/c1-2-6-16(7-3-1)12-15-28-22-24-19-9-5-4-8-18(19)21-25-20(26-27(21)22)17-10-13-23-14-11-17/h1-11,13-14H,12,15H2. The monoisotopic (exact) mass is 383 g/mol. The molecule has 0 aliphatic heterocycles. The number of hydrogen-bond acceptors (Lipinski definition) is 5. The van der Waals surface area contributed by atoms with Crippen LogP contribution in [0.5, 0.6) is 0 Å². The second kappa shape index (κ2) is 7.40. The molecule has 0 saturated heterocycles. The van der Waals surface area contributed by atoms with Gasteiger partial charge in [0.15, 0.2) is 16.6 Å². The SMILES string of the molecule is c1ccc(CCSc2nc3ccccc3c3nc(-c4ccncc4)nn23)cc1. The number of nitrogens with zero attached hydrogens (tertiary/aromatic N) is 5.